The molecule has 3 rings (SSSR count). The molecular formula is C18H18ClN3O3S2. The summed E-state index contributed by atoms with van der Waals surface area (Å²) in [6.07, 6.45) is 0. The molecule has 0 radical (unpaired) electrons. The number of hydrogen-bond acceptors (Lipinski definition) is 5. The van der Waals surface area contributed by atoms with E-state index in [0.717, 1.165) is 5.52 Å². The maximum atomic E-state index is 12.7. The van der Waals surface area contributed by atoms with E-state index in [2.05, 4.69) is 4.98 Å². The molecule has 1 heterocycles. The summed E-state index contributed by atoms with van der Waals surface area (Å²) < 4.78 is 25.1. The first-order valence-electron chi connectivity index (χ1n) is 8.20. The molecule has 0 aliphatic heterocycles. The lowest BCUT2D eigenvalue weighted by molar-refractivity contribution is 0.0994. The number of benzene rings is 2. The van der Waals surface area contributed by atoms with Crippen LogP contribution < -0.4 is 5.14 Å². The van der Waals surface area contributed by atoms with E-state index in [-0.39, 0.29) is 15.9 Å². The number of aromatic nitrogens is 2. The summed E-state index contributed by atoms with van der Waals surface area (Å²) in [6.45, 7) is 4.41. The Hall–Kier alpha value is -1.87. The number of imidazole rings is 1. The molecule has 1 aromatic heterocycles. The van der Waals surface area contributed by atoms with E-state index in [1.807, 2.05) is 18.4 Å². The van der Waals surface area contributed by atoms with Crippen molar-refractivity contribution < 1.29 is 13.2 Å². The number of fused-ring (bicyclic) bond motifs is 1. The van der Waals surface area contributed by atoms with Crippen molar-refractivity contribution in [2.45, 2.75) is 35.7 Å². The fourth-order valence-electron chi connectivity index (χ4n) is 2.72. The lowest BCUT2D eigenvalue weighted by Crippen LogP contribution is -2.14. The predicted octanol–water partition coefficient (Wildman–Crippen LogP) is 3.72. The molecule has 0 saturated heterocycles. The minimum absolute atomic E-state index is 0.0117. The monoisotopic (exact) mass is 423 g/mol. The Bertz CT molecular complexity index is 1110. The maximum Gasteiger partial charge on any atom is 0.238 e. The van der Waals surface area contributed by atoms with E-state index in [4.69, 9.17) is 16.7 Å². The molecule has 0 aliphatic carbocycles. The minimum atomic E-state index is -3.80. The second-order valence-electron chi connectivity index (χ2n) is 5.97. The number of nitrogens with two attached hydrogens (primary N) is 1. The van der Waals surface area contributed by atoms with Crippen LogP contribution in [0.4, 0.5) is 0 Å². The molecular weight excluding hydrogens is 406 g/mol. The van der Waals surface area contributed by atoms with Crippen LogP contribution in [0.1, 0.15) is 24.2 Å². The Morgan fingerprint density at radius 3 is 2.52 bits per heavy atom. The number of primary sulfonamides is 1. The number of sulfonamides is 1. The molecule has 3 aromatic rings. The minimum Gasteiger partial charge on any atom is -0.319 e. The molecule has 0 unspecified atom stereocenters. The number of carbonyl (C=O) groups is 1. The summed E-state index contributed by atoms with van der Waals surface area (Å²) in [6, 6.07) is 11.4. The summed E-state index contributed by atoms with van der Waals surface area (Å²) >= 11 is 7.20. The molecule has 0 spiro atoms. The van der Waals surface area contributed by atoms with Gasteiger partial charge in [0.05, 0.1) is 21.2 Å². The number of carbonyl (C=O) groups excluding carboxylic acids is 1. The molecule has 6 nitrogen and oxygen atoms in total. The number of thioether (sulfide) groups is 1. The smallest absolute Gasteiger partial charge is 0.238 e. The normalized spacial score (nSPS) is 13.0. The highest BCUT2D eigenvalue weighted by Crippen LogP contribution is 2.30. The lowest BCUT2D eigenvalue weighted by atomic mass is 10.1. The SMILES string of the molecule is CCn1c(S[C@@H](C)C(=O)c2ccc(Cl)cc2)nc2cc(S(N)(=O)=O)ccc21. The zero-order chi connectivity index (χ0) is 19.8. The maximum absolute atomic E-state index is 12.7. The van der Waals surface area contributed by atoms with Gasteiger partial charge >= 0.3 is 0 Å². The number of rotatable bonds is 6. The van der Waals surface area contributed by atoms with Gasteiger partial charge in [-0.3, -0.25) is 4.79 Å². The van der Waals surface area contributed by atoms with Crippen LogP contribution in [0, 0.1) is 0 Å². The molecule has 142 valence electrons. The van der Waals surface area contributed by atoms with Crippen LogP contribution in [-0.2, 0) is 16.6 Å². The third kappa shape index (κ3) is 4.19. The third-order valence-corrected chi connectivity index (χ3v) is 6.36. The number of nitrogens with zero attached hydrogens (tertiary/aromatic N) is 2. The molecule has 2 N–H and O–H groups in total. The van der Waals surface area contributed by atoms with Crippen molar-refractivity contribution in [1.29, 1.82) is 0 Å². The topological polar surface area (TPSA) is 95.0 Å². The highest BCUT2D eigenvalue weighted by atomic mass is 35.5. The molecule has 9 heteroatoms. The zero-order valence-electron chi connectivity index (χ0n) is 14.7. The van der Waals surface area contributed by atoms with Crippen molar-refractivity contribution in [2.24, 2.45) is 5.14 Å². The third-order valence-electron chi connectivity index (χ3n) is 4.11. The number of Topliss-reactive ketones (excluding diaryl/α,β-unsaturated/α-hetero) is 1. The van der Waals surface area contributed by atoms with Crippen LogP contribution in [-0.4, -0.2) is 29.0 Å². The van der Waals surface area contributed by atoms with Crippen LogP contribution in [0.25, 0.3) is 11.0 Å². The summed E-state index contributed by atoms with van der Waals surface area (Å²) in [7, 11) is -3.80. The first kappa shape index (κ1) is 19.9. The second kappa shape index (κ2) is 7.63. The number of aryl methyl sites for hydroxylation is 1. The number of ketones is 1. The van der Waals surface area contributed by atoms with Gasteiger partial charge in [-0.2, -0.15) is 0 Å². The molecule has 2 aromatic carbocycles. The van der Waals surface area contributed by atoms with E-state index in [1.54, 1.807) is 30.3 Å². The van der Waals surface area contributed by atoms with Gasteiger partial charge < -0.3 is 4.57 Å². The molecule has 0 fully saturated rings. The van der Waals surface area contributed by atoms with Gasteiger partial charge in [0.25, 0.3) is 0 Å². The van der Waals surface area contributed by atoms with Gasteiger partial charge in [-0.1, -0.05) is 23.4 Å². The van der Waals surface area contributed by atoms with Gasteiger partial charge in [0.15, 0.2) is 10.9 Å². The fraction of sp³-hybridized carbons (Fsp3) is 0.222. The molecule has 0 saturated carbocycles. The van der Waals surface area contributed by atoms with Crippen LogP contribution in [0.3, 0.4) is 0 Å². The Morgan fingerprint density at radius 2 is 1.93 bits per heavy atom. The summed E-state index contributed by atoms with van der Waals surface area (Å²) in [5.74, 6) is -0.0309. The van der Waals surface area contributed by atoms with Gasteiger partial charge in [-0.05, 0) is 56.3 Å². The first-order valence-corrected chi connectivity index (χ1v) is 11.0. The molecule has 0 aliphatic rings. The quantitative estimate of drug-likeness (QED) is 0.481. The van der Waals surface area contributed by atoms with Crippen molar-refractivity contribution in [2.75, 3.05) is 0 Å². The fourth-order valence-corrected chi connectivity index (χ4v) is 4.45. The van der Waals surface area contributed by atoms with Crippen molar-refractivity contribution in [3.8, 4) is 0 Å². The lowest BCUT2D eigenvalue weighted by Gasteiger charge is -2.11. The van der Waals surface area contributed by atoms with Crippen LogP contribution in [0.5, 0.6) is 0 Å². The van der Waals surface area contributed by atoms with Gasteiger partial charge in [-0.25, -0.2) is 18.5 Å². The van der Waals surface area contributed by atoms with Crippen molar-refractivity contribution >= 4 is 50.2 Å². The van der Waals surface area contributed by atoms with E-state index >= 15 is 0 Å². The molecule has 27 heavy (non-hydrogen) atoms. The van der Waals surface area contributed by atoms with Crippen LogP contribution >= 0.6 is 23.4 Å². The molecule has 0 amide bonds. The van der Waals surface area contributed by atoms with E-state index in [9.17, 15) is 13.2 Å². The summed E-state index contributed by atoms with van der Waals surface area (Å²) in [4.78, 5) is 17.2. The largest absolute Gasteiger partial charge is 0.319 e. The predicted molar refractivity (Wildman–Crippen MR) is 108 cm³/mol. The standard InChI is InChI=1S/C18H18ClN3O3S2/c1-3-22-16-9-8-14(27(20,24)25)10-15(16)21-18(22)26-11(2)17(23)12-4-6-13(19)7-5-12/h4-11H,3H2,1-2H3,(H2,20,24,25)/t11-/m0/s1. The summed E-state index contributed by atoms with van der Waals surface area (Å²) in [5, 5.41) is 6.05. The van der Waals surface area contributed by atoms with Crippen molar-refractivity contribution in [3.05, 3.63) is 53.1 Å². The Morgan fingerprint density at radius 1 is 1.26 bits per heavy atom. The molecule has 1 atom stereocenters. The van der Waals surface area contributed by atoms with E-state index < -0.39 is 10.0 Å². The van der Waals surface area contributed by atoms with Crippen LogP contribution in [0.2, 0.25) is 5.02 Å². The Balaban J connectivity index is 1.93. The van der Waals surface area contributed by atoms with Gasteiger partial charge in [0.1, 0.15) is 0 Å². The zero-order valence-corrected chi connectivity index (χ0v) is 17.1. The molecule has 0 bridgehead atoms. The summed E-state index contributed by atoms with van der Waals surface area (Å²) in [5.41, 5.74) is 1.89. The average molecular weight is 424 g/mol. The average Bonchev–Trinajstić information content (AvgIpc) is 2.97. The van der Waals surface area contributed by atoms with Gasteiger partial charge in [-0.15, -0.1) is 0 Å². The van der Waals surface area contributed by atoms with E-state index in [1.165, 1.54) is 23.9 Å². The highest BCUT2D eigenvalue weighted by Gasteiger charge is 2.21. The van der Waals surface area contributed by atoms with Crippen molar-refractivity contribution in [3.63, 3.8) is 0 Å². The number of halogens is 1. The first-order chi connectivity index (χ1) is 12.7. The van der Waals surface area contributed by atoms with Crippen molar-refractivity contribution in [1.82, 2.24) is 9.55 Å². The number of hydrogen-bond donors (Lipinski definition) is 1. The van der Waals surface area contributed by atoms with Gasteiger partial charge in [0.2, 0.25) is 10.0 Å². The van der Waals surface area contributed by atoms with Gasteiger partial charge in [0, 0.05) is 17.1 Å². The van der Waals surface area contributed by atoms with Crippen LogP contribution in [0.15, 0.2) is 52.5 Å². The van der Waals surface area contributed by atoms with E-state index in [0.29, 0.717) is 27.8 Å². The highest BCUT2D eigenvalue weighted by molar-refractivity contribution is 8.00. The Kier molecular flexibility index (Phi) is 5.62. The second-order valence-corrected chi connectivity index (χ2v) is 9.27. The Labute approximate surface area is 166 Å².